The van der Waals surface area contributed by atoms with Crippen molar-refractivity contribution in [1.29, 1.82) is 5.41 Å². The number of ether oxygens (including phenoxy) is 1. The minimum absolute atomic E-state index is 0.262. The van der Waals surface area contributed by atoms with E-state index in [1.807, 2.05) is 0 Å². The molecule has 0 atom stereocenters. The Morgan fingerprint density at radius 3 is 2.50 bits per heavy atom. The first-order valence-electron chi connectivity index (χ1n) is 5.33. The summed E-state index contributed by atoms with van der Waals surface area (Å²) in [5.74, 6) is 0.262. The van der Waals surface area contributed by atoms with Crippen molar-refractivity contribution in [3.8, 4) is 0 Å². The molecule has 84 valence electrons. The van der Waals surface area contributed by atoms with Crippen molar-refractivity contribution < 1.29 is 4.74 Å². The smallest absolute Gasteiger partial charge is 0.0918 e. The van der Waals surface area contributed by atoms with Gasteiger partial charge in [-0.25, -0.2) is 0 Å². The van der Waals surface area contributed by atoms with Crippen molar-refractivity contribution >= 4 is 5.84 Å². The molecular formula is C10H23N3O. The third-order valence-corrected chi connectivity index (χ3v) is 2.04. The average molecular weight is 201 g/mol. The highest BCUT2D eigenvalue weighted by Crippen LogP contribution is 1.91. The van der Waals surface area contributed by atoms with Gasteiger partial charge in [-0.2, -0.15) is 0 Å². The number of rotatable bonds is 9. The molecule has 0 saturated heterocycles. The van der Waals surface area contributed by atoms with Gasteiger partial charge in [0.15, 0.2) is 0 Å². The summed E-state index contributed by atoms with van der Waals surface area (Å²) in [4.78, 5) is 2.25. The van der Waals surface area contributed by atoms with Gasteiger partial charge in [-0.1, -0.05) is 13.8 Å². The van der Waals surface area contributed by atoms with Gasteiger partial charge in [0.25, 0.3) is 0 Å². The fourth-order valence-electron chi connectivity index (χ4n) is 1.15. The largest absolute Gasteiger partial charge is 0.388 e. The second-order valence-electron chi connectivity index (χ2n) is 3.32. The molecule has 4 heteroatoms. The molecule has 0 aliphatic carbocycles. The molecule has 0 amide bonds. The standard InChI is InChI=1S/C10H23N3O/c1-3-8-14-9-7-13(4-2)6-5-10(11)12/h3-9H2,1-2H3,(H3,11,12). The van der Waals surface area contributed by atoms with Gasteiger partial charge in [0, 0.05) is 26.1 Å². The van der Waals surface area contributed by atoms with Crippen LogP contribution in [0, 0.1) is 5.41 Å². The number of nitrogens with zero attached hydrogens (tertiary/aromatic N) is 1. The zero-order valence-corrected chi connectivity index (χ0v) is 9.38. The number of amidine groups is 1. The van der Waals surface area contributed by atoms with Crippen molar-refractivity contribution in [2.75, 3.05) is 32.8 Å². The highest BCUT2D eigenvalue weighted by Gasteiger charge is 2.02. The molecule has 0 spiro atoms. The van der Waals surface area contributed by atoms with Gasteiger partial charge in [0.05, 0.1) is 12.4 Å². The Hall–Kier alpha value is -0.610. The summed E-state index contributed by atoms with van der Waals surface area (Å²) in [6.45, 7) is 8.62. The molecule has 0 fully saturated rings. The zero-order chi connectivity index (χ0) is 10.8. The van der Waals surface area contributed by atoms with Crippen molar-refractivity contribution in [3.05, 3.63) is 0 Å². The molecule has 0 aliphatic rings. The second-order valence-corrected chi connectivity index (χ2v) is 3.32. The van der Waals surface area contributed by atoms with Gasteiger partial charge in [0.1, 0.15) is 0 Å². The fourth-order valence-corrected chi connectivity index (χ4v) is 1.15. The lowest BCUT2D eigenvalue weighted by atomic mass is 10.3. The van der Waals surface area contributed by atoms with E-state index in [-0.39, 0.29) is 5.84 Å². The molecular weight excluding hydrogens is 178 g/mol. The van der Waals surface area contributed by atoms with Crippen LogP contribution in [0.25, 0.3) is 0 Å². The Morgan fingerprint density at radius 1 is 1.29 bits per heavy atom. The van der Waals surface area contributed by atoms with Crippen LogP contribution in [-0.4, -0.2) is 43.6 Å². The van der Waals surface area contributed by atoms with Crippen molar-refractivity contribution in [2.45, 2.75) is 26.7 Å². The van der Waals surface area contributed by atoms with Gasteiger partial charge >= 0.3 is 0 Å². The van der Waals surface area contributed by atoms with E-state index < -0.39 is 0 Å². The van der Waals surface area contributed by atoms with Gasteiger partial charge in [0.2, 0.25) is 0 Å². The summed E-state index contributed by atoms with van der Waals surface area (Å²) in [6, 6.07) is 0. The molecule has 3 N–H and O–H groups in total. The van der Waals surface area contributed by atoms with Crippen LogP contribution in [0.4, 0.5) is 0 Å². The number of nitrogens with two attached hydrogens (primary N) is 1. The Bertz CT molecular complexity index is 150. The van der Waals surface area contributed by atoms with Crippen LogP contribution in [0.2, 0.25) is 0 Å². The summed E-state index contributed by atoms with van der Waals surface area (Å²) in [5.41, 5.74) is 5.30. The van der Waals surface area contributed by atoms with Crippen LogP contribution in [0.5, 0.6) is 0 Å². The maximum Gasteiger partial charge on any atom is 0.0918 e. The molecule has 0 unspecified atom stereocenters. The van der Waals surface area contributed by atoms with Gasteiger partial charge in [-0.15, -0.1) is 0 Å². The Balaban J connectivity index is 3.42. The molecule has 0 rings (SSSR count). The molecule has 0 radical (unpaired) electrons. The molecule has 0 aliphatic heterocycles. The average Bonchev–Trinajstić information content (AvgIpc) is 2.16. The highest BCUT2D eigenvalue weighted by molar-refractivity contribution is 5.76. The zero-order valence-electron chi connectivity index (χ0n) is 9.38. The second kappa shape index (κ2) is 8.97. The topological polar surface area (TPSA) is 62.3 Å². The monoisotopic (exact) mass is 201 g/mol. The minimum atomic E-state index is 0.262. The van der Waals surface area contributed by atoms with E-state index in [2.05, 4.69) is 18.7 Å². The molecule has 4 nitrogen and oxygen atoms in total. The van der Waals surface area contributed by atoms with E-state index in [0.29, 0.717) is 6.42 Å². The SMILES string of the molecule is CCCOCCN(CC)CCC(=N)N. The Kier molecular flexibility index (Phi) is 8.57. The first-order chi connectivity index (χ1) is 6.70. The van der Waals surface area contributed by atoms with E-state index in [1.54, 1.807) is 0 Å². The Labute approximate surface area is 86.9 Å². The molecule has 14 heavy (non-hydrogen) atoms. The number of hydrogen-bond acceptors (Lipinski definition) is 3. The van der Waals surface area contributed by atoms with Gasteiger partial charge < -0.3 is 15.4 Å². The van der Waals surface area contributed by atoms with Crippen molar-refractivity contribution in [2.24, 2.45) is 5.73 Å². The molecule has 0 heterocycles. The molecule has 0 bridgehead atoms. The van der Waals surface area contributed by atoms with Gasteiger partial charge in [-0.3, -0.25) is 5.41 Å². The van der Waals surface area contributed by atoms with E-state index >= 15 is 0 Å². The van der Waals surface area contributed by atoms with Crippen LogP contribution < -0.4 is 5.73 Å². The first kappa shape index (κ1) is 13.4. The third kappa shape index (κ3) is 8.01. The van der Waals surface area contributed by atoms with E-state index in [1.165, 1.54) is 0 Å². The quantitative estimate of drug-likeness (QED) is 0.333. The molecule has 0 aromatic rings. The molecule has 0 saturated carbocycles. The van der Waals surface area contributed by atoms with E-state index in [4.69, 9.17) is 15.9 Å². The fraction of sp³-hybridized carbons (Fsp3) is 0.900. The maximum atomic E-state index is 7.13. The first-order valence-corrected chi connectivity index (χ1v) is 5.33. The van der Waals surface area contributed by atoms with Crippen molar-refractivity contribution in [3.63, 3.8) is 0 Å². The van der Waals surface area contributed by atoms with Crippen LogP contribution >= 0.6 is 0 Å². The number of nitrogens with one attached hydrogen (secondary N) is 1. The van der Waals surface area contributed by atoms with Crippen LogP contribution in [-0.2, 0) is 4.74 Å². The van der Waals surface area contributed by atoms with Crippen molar-refractivity contribution in [1.82, 2.24) is 4.90 Å². The van der Waals surface area contributed by atoms with Crippen LogP contribution in [0.15, 0.2) is 0 Å². The van der Waals surface area contributed by atoms with E-state index in [9.17, 15) is 0 Å². The molecule has 0 aromatic carbocycles. The predicted molar refractivity (Wildman–Crippen MR) is 59.8 cm³/mol. The predicted octanol–water partition coefficient (Wildman–Crippen LogP) is 1.06. The lowest BCUT2D eigenvalue weighted by Gasteiger charge is -2.19. The summed E-state index contributed by atoms with van der Waals surface area (Å²) in [7, 11) is 0. The van der Waals surface area contributed by atoms with E-state index in [0.717, 1.165) is 39.3 Å². The normalized spacial score (nSPS) is 10.8. The lowest BCUT2D eigenvalue weighted by Crippen LogP contribution is -2.31. The van der Waals surface area contributed by atoms with Gasteiger partial charge in [-0.05, 0) is 13.0 Å². The maximum absolute atomic E-state index is 7.13. The summed E-state index contributed by atoms with van der Waals surface area (Å²) in [5, 5.41) is 7.13. The summed E-state index contributed by atoms with van der Waals surface area (Å²) in [6.07, 6.45) is 1.72. The number of likely N-dealkylation sites (N-methyl/N-ethyl adjacent to an activating group) is 1. The van der Waals surface area contributed by atoms with Crippen LogP contribution in [0.3, 0.4) is 0 Å². The van der Waals surface area contributed by atoms with Crippen LogP contribution in [0.1, 0.15) is 26.7 Å². The summed E-state index contributed by atoms with van der Waals surface area (Å²) >= 11 is 0. The minimum Gasteiger partial charge on any atom is -0.388 e. The number of hydrogen-bond donors (Lipinski definition) is 2. The lowest BCUT2D eigenvalue weighted by molar-refractivity contribution is 0.107. The summed E-state index contributed by atoms with van der Waals surface area (Å²) < 4.78 is 5.40. The molecule has 0 aromatic heterocycles. The highest BCUT2D eigenvalue weighted by atomic mass is 16.5. The Morgan fingerprint density at radius 2 is 2.00 bits per heavy atom. The third-order valence-electron chi connectivity index (χ3n) is 2.04.